The molecule has 0 aromatic rings. The summed E-state index contributed by atoms with van der Waals surface area (Å²) in [6, 6.07) is 0.541. The quantitative estimate of drug-likeness (QED) is 0.526. The van der Waals surface area contributed by atoms with Crippen molar-refractivity contribution < 1.29 is 0 Å². The molecule has 0 aromatic heterocycles. The van der Waals surface area contributed by atoms with Gasteiger partial charge in [0.1, 0.15) is 0 Å². The molecule has 84 valence electrons. The third-order valence-electron chi connectivity index (χ3n) is 3.32. The largest absolute Gasteiger partial charge is 0.271 e. The molecular formula is C12H26N2. The zero-order chi connectivity index (χ0) is 10.6. The molecule has 1 fully saturated rings. The first-order chi connectivity index (χ1) is 6.51. The smallest absolute Gasteiger partial charge is 0.0213 e. The predicted octanol–water partition coefficient (Wildman–Crippen LogP) is 2.83. The standard InChI is InChI=1S/C12H26N2/c1-12(2,3)8-7-11(14-13)9-10-5-4-6-10/h10-11,14H,4-9,13H2,1-3H3. The molecule has 1 aliphatic carbocycles. The van der Waals surface area contributed by atoms with Gasteiger partial charge in [-0.2, -0.15) is 0 Å². The molecule has 0 spiro atoms. The van der Waals surface area contributed by atoms with E-state index in [1.54, 1.807) is 0 Å². The van der Waals surface area contributed by atoms with Crippen LogP contribution in [0, 0.1) is 11.3 Å². The Bertz CT molecular complexity index is 156. The molecule has 2 heteroatoms. The molecule has 1 unspecified atom stereocenters. The molecule has 0 aliphatic heterocycles. The lowest BCUT2D eigenvalue weighted by atomic mass is 9.79. The molecular weight excluding hydrogens is 172 g/mol. The van der Waals surface area contributed by atoms with E-state index in [0.717, 1.165) is 5.92 Å². The Balaban J connectivity index is 2.17. The van der Waals surface area contributed by atoms with E-state index in [-0.39, 0.29) is 0 Å². The average Bonchev–Trinajstić information content (AvgIpc) is 2.00. The lowest BCUT2D eigenvalue weighted by molar-refractivity contribution is 0.238. The Morgan fingerprint density at radius 3 is 2.36 bits per heavy atom. The molecule has 2 nitrogen and oxygen atoms in total. The van der Waals surface area contributed by atoms with Crippen molar-refractivity contribution >= 4 is 0 Å². The summed E-state index contributed by atoms with van der Waals surface area (Å²) < 4.78 is 0. The van der Waals surface area contributed by atoms with Crippen LogP contribution < -0.4 is 11.3 Å². The molecule has 1 atom stereocenters. The number of nitrogens with two attached hydrogens (primary N) is 1. The molecule has 1 aliphatic rings. The molecule has 0 radical (unpaired) electrons. The van der Waals surface area contributed by atoms with Gasteiger partial charge in [-0.3, -0.25) is 11.3 Å². The lowest BCUT2D eigenvalue weighted by Gasteiger charge is -2.30. The minimum absolute atomic E-state index is 0.439. The molecule has 0 saturated heterocycles. The molecule has 0 heterocycles. The number of hydrogen-bond acceptors (Lipinski definition) is 2. The van der Waals surface area contributed by atoms with Gasteiger partial charge < -0.3 is 0 Å². The second-order valence-corrected chi connectivity index (χ2v) is 6.00. The Morgan fingerprint density at radius 1 is 1.36 bits per heavy atom. The summed E-state index contributed by atoms with van der Waals surface area (Å²) in [5.41, 5.74) is 3.41. The van der Waals surface area contributed by atoms with Crippen LogP contribution in [0.2, 0.25) is 0 Å². The van der Waals surface area contributed by atoms with E-state index in [2.05, 4.69) is 26.2 Å². The minimum Gasteiger partial charge on any atom is -0.271 e. The van der Waals surface area contributed by atoms with E-state index in [0.29, 0.717) is 11.5 Å². The van der Waals surface area contributed by atoms with E-state index < -0.39 is 0 Å². The van der Waals surface area contributed by atoms with E-state index in [1.807, 2.05) is 0 Å². The summed E-state index contributed by atoms with van der Waals surface area (Å²) in [6.45, 7) is 6.89. The van der Waals surface area contributed by atoms with Crippen LogP contribution in [0.1, 0.15) is 59.3 Å². The Hall–Kier alpha value is -0.0800. The monoisotopic (exact) mass is 198 g/mol. The molecule has 0 bridgehead atoms. The van der Waals surface area contributed by atoms with Crippen LogP contribution in [0.4, 0.5) is 0 Å². The highest BCUT2D eigenvalue weighted by Crippen LogP contribution is 2.32. The maximum atomic E-state index is 5.58. The second-order valence-electron chi connectivity index (χ2n) is 6.00. The number of nitrogens with one attached hydrogen (secondary N) is 1. The third kappa shape index (κ3) is 4.43. The highest BCUT2D eigenvalue weighted by molar-refractivity contribution is 4.77. The number of hydrogen-bond donors (Lipinski definition) is 2. The fraction of sp³-hybridized carbons (Fsp3) is 1.00. The van der Waals surface area contributed by atoms with Crippen molar-refractivity contribution in [3.8, 4) is 0 Å². The zero-order valence-electron chi connectivity index (χ0n) is 9.97. The maximum Gasteiger partial charge on any atom is 0.0213 e. The van der Waals surface area contributed by atoms with Crippen molar-refractivity contribution in [3.05, 3.63) is 0 Å². The Kier molecular flexibility index (Phi) is 4.39. The highest BCUT2D eigenvalue weighted by atomic mass is 15.2. The van der Waals surface area contributed by atoms with E-state index in [9.17, 15) is 0 Å². The van der Waals surface area contributed by atoms with Crippen LogP contribution in [-0.2, 0) is 0 Å². The van der Waals surface area contributed by atoms with Gasteiger partial charge in [-0.25, -0.2) is 0 Å². The van der Waals surface area contributed by atoms with Crippen molar-refractivity contribution in [3.63, 3.8) is 0 Å². The molecule has 14 heavy (non-hydrogen) atoms. The van der Waals surface area contributed by atoms with Gasteiger partial charge in [-0.05, 0) is 30.6 Å². The molecule has 0 aromatic carbocycles. The summed E-state index contributed by atoms with van der Waals surface area (Å²) in [7, 11) is 0. The van der Waals surface area contributed by atoms with Gasteiger partial charge in [-0.15, -0.1) is 0 Å². The van der Waals surface area contributed by atoms with Crippen LogP contribution in [0.3, 0.4) is 0 Å². The zero-order valence-corrected chi connectivity index (χ0v) is 9.97. The van der Waals surface area contributed by atoms with Crippen LogP contribution in [0.5, 0.6) is 0 Å². The van der Waals surface area contributed by atoms with Crippen LogP contribution in [0.25, 0.3) is 0 Å². The summed E-state index contributed by atoms with van der Waals surface area (Å²) in [5, 5.41) is 0. The number of rotatable bonds is 5. The normalized spacial score (nSPS) is 20.6. The van der Waals surface area contributed by atoms with Crippen molar-refractivity contribution in [1.29, 1.82) is 0 Å². The van der Waals surface area contributed by atoms with Crippen molar-refractivity contribution in [1.82, 2.24) is 5.43 Å². The number of hydrazine groups is 1. The van der Waals surface area contributed by atoms with Gasteiger partial charge in [0.2, 0.25) is 0 Å². The first kappa shape index (κ1) is 12.0. The van der Waals surface area contributed by atoms with Gasteiger partial charge in [0, 0.05) is 6.04 Å². The van der Waals surface area contributed by atoms with Gasteiger partial charge in [-0.1, -0.05) is 40.0 Å². The van der Waals surface area contributed by atoms with Gasteiger partial charge in [0.05, 0.1) is 0 Å². The van der Waals surface area contributed by atoms with E-state index in [1.165, 1.54) is 38.5 Å². The van der Waals surface area contributed by atoms with E-state index >= 15 is 0 Å². The van der Waals surface area contributed by atoms with Crippen molar-refractivity contribution in [2.45, 2.75) is 65.3 Å². The summed E-state index contributed by atoms with van der Waals surface area (Å²) in [5.74, 6) is 6.53. The average molecular weight is 198 g/mol. The summed E-state index contributed by atoms with van der Waals surface area (Å²) >= 11 is 0. The van der Waals surface area contributed by atoms with Crippen molar-refractivity contribution in [2.24, 2.45) is 17.2 Å². The Morgan fingerprint density at radius 2 is 2.00 bits per heavy atom. The van der Waals surface area contributed by atoms with Crippen molar-refractivity contribution in [2.75, 3.05) is 0 Å². The topological polar surface area (TPSA) is 38.0 Å². The van der Waals surface area contributed by atoms with Crippen LogP contribution >= 0.6 is 0 Å². The Labute approximate surface area is 88.6 Å². The molecule has 3 N–H and O–H groups in total. The highest BCUT2D eigenvalue weighted by Gasteiger charge is 2.22. The second kappa shape index (κ2) is 5.13. The SMILES string of the molecule is CC(C)(C)CCC(CC1CCC1)NN. The first-order valence-corrected chi connectivity index (χ1v) is 5.97. The predicted molar refractivity (Wildman–Crippen MR) is 61.8 cm³/mol. The van der Waals surface area contributed by atoms with Crippen LogP contribution in [0.15, 0.2) is 0 Å². The summed E-state index contributed by atoms with van der Waals surface area (Å²) in [4.78, 5) is 0. The van der Waals surface area contributed by atoms with E-state index in [4.69, 9.17) is 5.84 Å². The van der Waals surface area contributed by atoms with Gasteiger partial charge in [0.25, 0.3) is 0 Å². The summed E-state index contributed by atoms with van der Waals surface area (Å²) in [6.07, 6.45) is 8.04. The fourth-order valence-corrected chi connectivity index (χ4v) is 2.01. The maximum absolute atomic E-state index is 5.58. The van der Waals surface area contributed by atoms with Crippen LogP contribution in [-0.4, -0.2) is 6.04 Å². The first-order valence-electron chi connectivity index (χ1n) is 5.97. The third-order valence-corrected chi connectivity index (χ3v) is 3.32. The van der Waals surface area contributed by atoms with Gasteiger partial charge >= 0.3 is 0 Å². The molecule has 0 amide bonds. The minimum atomic E-state index is 0.439. The molecule has 1 saturated carbocycles. The van der Waals surface area contributed by atoms with Gasteiger partial charge in [0.15, 0.2) is 0 Å². The molecule has 1 rings (SSSR count). The lowest BCUT2D eigenvalue weighted by Crippen LogP contribution is -2.38. The fourth-order valence-electron chi connectivity index (χ4n) is 2.01.